The number of rotatable bonds is 4. The van der Waals surface area contributed by atoms with Crippen molar-refractivity contribution < 1.29 is 9.59 Å². The van der Waals surface area contributed by atoms with Gasteiger partial charge in [0.2, 0.25) is 0 Å². The van der Waals surface area contributed by atoms with E-state index >= 15 is 0 Å². The maximum Gasteiger partial charge on any atom is 0.256 e. The molecule has 1 saturated heterocycles. The summed E-state index contributed by atoms with van der Waals surface area (Å²) in [6.45, 7) is 4.81. The Labute approximate surface area is 189 Å². The maximum absolute atomic E-state index is 13.2. The van der Waals surface area contributed by atoms with Crippen LogP contribution in [-0.4, -0.2) is 42.9 Å². The molecule has 3 aromatic carbocycles. The number of carbonyl (C=O) groups is 2. The molecule has 0 aromatic heterocycles. The van der Waals surface area contributed by atoms with Crippen LogP contribution in [0.15, 0.2) is 78.9 Å². The quantitative estimate of drug-likeness (QED) is 0.650. The molecular formula is C25H26ClN3O2. The number of para-hydroxylation sites is 2. The summed E-state index contributed by atoms with van der Waals surface area (Å²) in [5, 5.41) is 2.91. The zero-order valence-corrected chi connectivity index (χ0v) is 18.3. The topological polar surface area (TPSA) is 52.7 Å². The molecule has 0 radical (unpaired) electrons. The van der Waals surface area contributed by atoms with Crippen molar-refractivity contribution in [2.45, 2.75) is 6.92 Å². The monoisotopic (exact) mass is 435 g/mol. The average molecular weight is 436 g/mol. The van der Waals surface area contributed by atoms with Gasteiger partial charge in [-0.2, -0.15) is 0 Å². The number of benzene rings is 3. The number of anilines is 2. The second-order valence-corrected chi connectivity index (χ2v) is 7.48. The Morgan fingerprint density at radius 1 is 0.806 bits per heavy atom. The Bertz CT molecular complexity index is 1050. The number of nitrogens with zero attached hydrogens (tertiary/aromatic N) is 2. The van der Waals surface area contributed by atoms with Crippen LogP contribution in [0, 0.1) is 6.92 Å². The predicted octanol–water partition coefficient (Wildman–Crippen LogP) is 4.63. The Balaban J connectivity index is 0.00000272. The highest BCUT2D eigenvalue weighted by molar-refractivity contribution is 6.09. The molecule has 0 bridgehead atoms. The van der Waals surface area contributed by atoms with Crippen LogP contribution < -0.4 is 10.2 Å². The number of halogens is 1. The Morgan fingerprint density at radius 2 is 1.48 bits per heavy atom. The summed E-state index contributed by atoms with van der Waals surface area (Å²) in [5.41, 5.74) is 3.83. The lowest BCUT2D eigenvalue weighted by Gasteiger charge is -2.36. The van der Waals surface area contributed by atoms with Gasteiger partial charge in [0.25, 0.3) is 11.8 Å². The standard InChI is InChI=1S/C25H25N3O2.ClH/c1-19-8-7-9-20(18-19)24(29)26-23-13-6-5-12-22(23)25(30)28-16-14-27(15-17-28)21-10-3-2-4-11-21;/h2-13,18H,14-17H2,1H3,(H,26,29);1H. The van der Waals surface area contributed by atoms with E-state index in [-0.39, 0.29) is 24.2 Å². The lowest BCUT2D eigenvalue weighted by atomic mass is 10.1. The van der Waals surface area contributed by atoms with Crippen molar-refractivity contribution in [1.29, 1.82) is 0 Å². The van der Waals surface area contributed by atoms with Crippen LogP contribution in [0.1, 0.15) is 26.3 Å². The van der Waals surface area contributed by atoms with E-state index in [1.165, 1.54) is 5.69 Å². The molecule has 0 aliphatic carbocycles. The molecular weight excluding hydrogens is 410 g/mol. The fourth-order valence-electron chi connectivity index (χ4n) is 3.74. The van der Waals surface area contributed by atoms with Crippen LogP contribution in [-0.2, 0) is 0 Å². The third-order valence-electron chi connectivity index (χ3n) is 5.37. The third-order valence-corrected chi connectivity index (χ3v) is 5.37. The molecule has 1 aliphatic heterocycles. The van der Waals surface area contributed by atoms with Crippen molar-refractivity contribution in [2.24, 2.45) is 0 Å². The highest BCUT2D eigenvalue weighted by Crippen LogP contribution is 2.21. The van der Waals surface area contributed by atoms with Crippen molar-refractivity contribution in [2.75, 3.05) is 36.4 Å². The summed E-state index contributed by atoms with van der Waals surface area (Å²) in [6.07, 6.45) is 0. The smallest absolute Gasteiger partial charge is 0.256 e. The second-order valence-electron chi connectivity index (χ2n) is 7.48. The largest absolute Gasteiger partial charge is 0.368 e. The van der Waals surface area contributed by atoms with Gasteiger partial charge in [0, 0.05) is 37.4 Å². The number of nitrogens with one attached hydrogen (secondary N) is 1. The normalized spacial score (nSPS) is 13.3. The minimum atomic E-state index is -0.215. The molecule has 0 atom stereocenters. The summed E-state index contributed by atoms with van der Waals surface area (Å²) >= 11 is 0. The van der Waals surface area contributed by atoms with E-state index in [0.717, 1.165) is 18.7 Å². The minimum Gasteiger partial charge on any atom is -0.368 e. The van der Waals surface area contributed by atoms with Gasteiger partial charge in [-0.25, -0.2) is 0 Å². The highest BCUT2D eigenvalue weighted by atomic mass is 35.5. The van der Waals surface area contributed by atoms with Crippen LogP contribution in [0.5, 0.6) is 0 Å². The first-order valence-electron chi connectivity index (χ1n) is 10.2. The summed E-state index contributed by atoms with van der Waals surface area (Å²) in [5.74, 6) is -0.268. The minimum absolute atomic E-state index is 0. The van der Waals surface area contributed by atoms with Crippen LogP contribution in [0.2, 0.25) is 0 Å². The van der Waals surface area contributed by atoms with Crippen molar-refractivity contribution >= 4 is 35.6 Å². The molecule has 3 aromatic rings. The van der Waals surface area contributed by atoms with Gasteiger partial charge in [0.05, 0.1) is 11.3 Å². The molecule has 1 aliphatic rings. The van der Waals surface area contributed by atoms with Crippen LogP contribution >= 0.6 is 12.4 Å². The lowest BCUT2D eigenvalue weighted by molar-refractivity contribution is 0.0748. The summed E-state index contributed by atoms with van der Waals surface area (Å²) in [7, 11) is 0. The Morgan fingerprint density at radius 3 is 2.19 bits per heavy atom. The number of carbonyl (C=O) groups excluding carboxylic acids is 2. The second kappa shape index (κ2) is 10.1. The molecule has 1 N–H and O–H groups in total. The number of hydrogen-bond donors (Lipinski definition) is 1. The fourth-order valence-corrected chi connectivity index (χ4v) is 3.74. The van der Waals surface area contributed by atoms with Gasteiger partial charge in [-0.3, -0.25) is 9.59 Å². The van der Waals surface area contributed by atoms with E-state index in [2.05, 4.69) is 22.3 Å². The van der Waals surface area contributed by atoms with E-state index in [9.17, 15) is 9.59 Å². The van der Waals surface area contributed by atoms with Gasteiger partial charge < -0.3 is 15.1 Å². The molecule has 2 amide bonds. The van der Waals surface area contributed by atoms with Gasteiger partial charge in [-0.05, 0) is 43.3 Å². The molecule has 5 nitrogen and oxygen atoms in total. The number of piperazine rings is 1. The fraction of sp³-hybridized carbons (Fsp3) is 0.200. The van der Waals surface area contributed by atoms with Crippen molar-refractivity contribution in [3.8, 4) is 0 Å². The van der Waals surface area contributed by atoms with Gasteiger partial charge >= 0.3 is 0 Å². The van der Waals surface area contributed by atoms with Crippen molar-refractivity contribution in [1.82, 2.24) is 4.90 Å². The SMILES string of the molecule is Cc1cccc(C(=O)Nc2ccccc2C(=O)N2CCN(c3ccccc3)CC2)c1.Cl. The number of hydrogen-bond acceptors (Lipinski definition) is 3. The number of aryl methyl sites for hydroxylation is 1. The molecule has 4 rings (SSSR count). The summed E-state index contributed by atoms with van der Waals surface area (Å²) in [4.78, 5) is 30.0. The highest BCUT2D eigenvalue weighted by Gasteiger charge is 2.24. The van der Waals surface area contributed by atoms with Crippen LogP contribution in [0.3, 0.4) is 0 Å². The molecule has 6 heteroatoms. The van der Waals surface area contributed by atoms with Crippen LogP contribution in [0.25, 0.3) is 0 Å². The van der Waals surface area contributed by atoms with E-state index in [1.54, 1.807) is 18.2 Å². The first-order chi connectivity index (χ1) is 14.6. The average Bonchev–Trinajstić information content (AvgIpc) is 2.80. The first kappa shape index (κ1) is 22.4. The summed E-state index contributed by atoms with van der Waals surface area (Å²) < 4.78 is 0. The summed E-state index contributed by atoms with van der Waals surface area (Å²) in [6, 6.07) is 24.9. The molecule has 0 spiro atoms. The zero-order valence-electron chi connectivity index (χ0n) is 17.5. The molecule has 0 unspecified atom stereocenters. The van der Waals surface area contributed by atoms with Crippen molar-refractivity contribution in [3.63, 3.8) is 0 Å². The third kappa shape index (κ3) is 5.25. The van der Waals surface area contributed by atoms with E-state index < -0.39 is 0 Å². The van der Waals surface area contributed by atoms with E-state index in [0.29, 0.717) is 29.9 Å². The van der Waals surface area contributed by atoms with Gasteiger partial charge in [0.1, 0.15) is 0 Å². The maximum atomic E-state index is 13.2. The molecule has 31 heavy (non-hydrogen) atoms. The first-order valence-corrected chi connectivity index (χ1v) is 10.2. The molecule has 160 valence electrons. The molecule has 1 heterocycles. The van der Waals surface area contributed by atoms with Gasteiger partial charge in [-0.1, -0.05) is 48.0 Å². The molecule has 0 saturated carbocycles. The van der Waals surface area contributed by atoms with Crippen LogP contribution in [0.4, 0.5) is 11.4 Å². The lowest BCUT2D eigenvalue weighted by Crippen LogP contribution is -2.48. The van der Waals surface area contributed by atoms with Crippen molar-refractivity contribution in [3.05, 3.63) is 95.6 Å². The molecule has 1 fully saturated rings. The van der Waals surface area contributed by atoms with Gasteiger partial charge in [-0.15, -0.1) is 12.4 Å². The number of amides is 2. The predicted molar refractivity (Wildman–Crippen MR) is 127 cm³/mol. The Kier molecular flexibility index (Phi) is 7.32. The Hall–Kier alpha value is -3.31. The van der Waals surface area contributed by atoms with E-state index in [1.807, 2.05) is 60.4 Å². The zero-order chi connectivity index (χ0) is 20.9. The van der Waals surface area contributed by atoms with Gasteiger partial charge in [0.15, 0.2) is 0 Å². The van der Waals surface area contributed by atoms with E-state index in [4.69, 9.17) is 0 Å².